The van der Waals surface area contributed by atoms with Gasteiger partial charge in [-0.15, -0.1) is 11.3 Å². The monoisotopic (exact) mass is 416 g/mol. The normalized spacial score (nSPS) is 10.6. The SMILES string of the molecule is COc1ccc(-c2nc(C)c(C(=O)N(C)Cc3ccc(Cl)cc3)s2)cc1OC. The van der Waals surface area contributed by atoms with Gasteiger partial charge in [-0.25, -0.2) is 4.98 Å². The van der Waals surface area contributed by atoms with E-state index in [1.165, 1.54) is 11.3 Å². The van der Waals surface area contributed by atoms with Gasteiger partial charge in [-0.1, -0.05) is 23.7 Å². The van der Waals surface area contributed by atoms with E-state index in [0.29, 0.717) is 33.6 Å². The summed E-state index contributed by atoms with van der Waals surface area (Å²) in [6.45, 7) is 2.35. The highest BCUT2D eigenvalue weighted by Crippen LogP contribution is 2.35. The summed E-state index contributed by atoms with van der Waals surface area (Å²) in [5.74, 6) is 1.22. The maximum absolute atomic E-state index is 12.9. The van der Waals surface area contributed by atoms with E-state index in [-0.39, 0.29) is 5.91 Å². The standard InChI is InChI=1S/C21H21ClN2O3S/c1-13-19(21(25)24(2)12-14-5-8-16(22)9-6-14)28-20(23-13)15-7-10-17(26-3)18(11-15)27-4/h5-11H,12H2,1-4H3. The molecule has 0 saturated carbocycles. The first-order chi connectivity index (χ1) is 13.4. The maximum Gasteiger partial charge on any atom is 0.265 e. The molecule has 0 spiro atoms. The smallest absolute Gasteiger partial charge is 0.265 e. The highest BCUT2D eigenvalue weighted by Gasteiger charge is 2.20. The molecule has 0 N–H and O–H groups in total. The Morgan fingerprint density at radius 2 is 1.79 bits per heavy atom. The van der Waals surface area contributed by atoms with E-state index in [1.807, 2.05) is 49.4 Å². The molecule has 0 aliphatic heterocycles. The fraction of sp³-hybridized carbons (Fsp3) is 0.238. The summed E-state index contributed by atoms with van der Waals surface area (Å²) in [5, 5.41) is 1.44. The average molecular weight is 417 g/mol. The molecule has 0 atom stereocenters. The van der Waals surface area contributed by atoms with Crippen LogP contribution in [-0.2, 0) is 6.54 Å². The van der Waals surface area contributed by atoms with Gasteiger partial charge < -0.3 is 14.4 Å². The number of aromatic nitrogens is 1. The Hall–Kier alpha value is -2.57. The van der Waals surface area contributed by atoms with Gasteiger partial charge in [-0.05, 0) is 42.8 Å². The number of hydrogen-bond acceptors (Lipinski definition) is 5. The molecule has 5 nitrogen and oxygen atoms in total. The van der Waals surface area contributed by atoms with Crippen LogP contribution in [0.3, 0.4) is 0 Å². The number of amides is 1. The van der Waals surface area contributed by atoms with Gasteiger partial charge >= 0.3 is 0 Å². The van der Waals surface area contributed by atoms with E-state index in [4.69, 9.17) is 21.1 Å². The summed E-state index contributed by atoms with van der Waals surface area (Å²) in [4.78, 5) is 19.8. The number of nitrogens with zero attached hydrogens (tertiary/aromatic N) is 2. The van der Waals surface area contributed by atoms with Gasteiger partial charge in [0.15, 0.2) is 11.5 Å². The Bertz CT molecular complexity index is 986. The lowest BCUT2D eigenvalue weighted by atomic mass is 10.2. The predicted molar refractivity (Wildman–Crippen MR) is 113 cm³/mol. The van der Waals surface area contributed by atoms with Crippen LogP contribution in [0.2, 0.25) is 5.02 Å². The minimum Gasteiger partial charge on any atom is -0.493 e. The zero-order valence-corrected chi connectivity index (χ0v) is 17.7. The number of thiazole rings is 1. The molecule has 0 aliphatic carbocycles. The van der Waals surface area contributed by atoms with Crippen molar-refractivity contribution in [3.63, 3.8) is 0 Å². The molecule has 146 valence electrons. The largest absolute Gasteiger partial charge is 0.493 e. The van der Waals surface area contributed by atoms with E-state index in [0.717, 1.165) is 16.1 Å². The Balaban J connectivity index is 1.83. The van der Waals surface area contributed by atoms with E-state index in [9.17, 15) is 4.79 Å². The van der Waals surface area contributed by atoms with Crippen molar-refractivity contribution in [3.05, 3.63) is 63.6 Å². The summed E-state index contributed by atoms with van der Waals surface area (Å²) in [5.41, 5.74) is 2.61. The van der Waals surface area contributed by atoms with Crippen molar-refractivity contribution in [2.75, 3.05) is 21.3 Å². The molecular weight excluding hydrogens is 396 g/mol. The Kier molecular flexibility index (Phi) is 6.21. The van der Waals surface area contributed by atoms with Crippen LogP contribution in [0.15, 0.2) is 42.5 Å². The van der Waals surface area contributed by atoms with Gasteiger partial charge in [-0.3, -0.25) is 4.79 Å². The van der Waals surface area contributed by atoms with E-state index >= 15 is 0 Å². The van der Waals surface area contributed by atoms with Crippen LogP contribution in [0.5, 0.6) is 11.5 Å². The van der Waals surface area contributed by atoms with Gasteiger partial charge in [0.1, 0.15) is 9.88 Å². The number of benzene rings is 2. The zero-order valence-electron chi connectivity index (χ0n) is 16.2. The Morgan fingerprint density at radius 1 is 1.11 bits per heavy atom. The third kappa shape index (κ3) is 4.29. The van der Waals surface area contributed by atoms with Gasteiger partial charge in [-0.2, -0.15) is 0 Å². The first kappa shape index (κ1) is 20.2. The molecule has 3 aromatic rings. The molecule has 0 bridgehead atoms. The molecular formula is C21H21ClN2O3S. The van der Waals surface area contributed by atoms with E-state index in [1.54, 1.807) is 26.2 Å². The second-order valence-electron chi connectivity index (χ2n) is 6.29. The first-order valence-electron chi connectivity index (χ1n) is 8.62. The second kappa shape index (κ2) is 8.63. The van der Waals surface area contributed by atoms with Crippen molar-refractivity contribution in [1.82, 2.24) is 9.88 Å². The van der Waals surface area contributed by atoms with Crippen LogP contribution in [0.25, 0.3) is 10.6 Å². The zero-order chi connectivity index (χ0) is 20.3. The van der Waals surface area contributed by atoms with Crippen LogP contribution in [0.4, 0.5) is 0 Å². The number of carbonyl (C=O) groups is 1. The van der Waals surface area contributed by atoms with E-state index < -0.39 is 0 Å². The molecule has 7 heteroatoms. The van der Waals surface area contributed by atoms with Crippen molar-refractivity contribution in [3.8, 4) is 22.1 Å². The summed E-state index contributed by atoms with van der Waals surface area (Å²) in [6.07, 6.45) is 0. The number of aryl methyl sites for hydroxylation is 1. The van der Waals surface area contributed by atoms with Gasteiger partial charge in [0.05, 0.1) is 19.9 Å². The maximum atomic E-state index is 12.9. The van der Waals surface area contributed by atoms with Crippen molar-refractivity contribution in [2.24, 2.45) is 0 Å². The van der Waals surface area contributed by atoms with Gasteiger partial charge in [0.25, 0.3) is 5.91 Å². The van der Waals surface area contributed by atoms with Crippen LogP contribution in [0, 0.1) is 6.92 Å². The minimum absolute atomic E-state index is 0.0586. The lowest BCUT2D eigenvalue weighted by Gasteiger charge is -2.16. The van der Waals surface area contributed by atoms with Crippen molar-refractivity contribution < 1.29 is 14.3 Å². The molecule has 0 saturated heterocycles. The molecule has 0 fully saturated rings. The van der Waals surface area contributed by atoms with Crippen molar-refractivity contribution >= 4 is 28.8 Å². The highest BCUT2D eigenvalue weighted by atomic mass is 35.5. The fourth-order valence-corrected chi connectivity index (χ4v) is 3.98. The molecule has 0 radical (unpaired) electrons. The number of rotatable bonds is 6. The number of hydrogen-bond donors (Lipinski definition) is 0. The lowest BCUT2D eigenvalue weighted by molar-refractivity contribution is 0.0789. The second-order valence-corrected chi connectivity index (χ2v) is 7.73. The molecule has 0 aliphatic rings. The molecule has 0 unspecified atom stereocenters. The molecule has 1 amide bonds. The average Bonchev–Trinajstić information content (AvgIpc) is 3.10. The van der Waals surface area contributed by atoms with Gasteiger partial charge in [0, 0.05) is 24.2 Å². The minimum atomic E-state index is -0.0586. The van der Waals surface area contributed by atoms with Crippen molar-refractivity contribution in [1.29, 1.82) is 0 Å². The quantitative estimate of drug-likeness (QED) is 0.563. The lowest BCUT2D eigenvalue weighted by Crippen LogP contribution is -2.26. The number of methoxy groups -OCH3 is 2. The summed E-state index contributed by atoms with van der Waals surface area (Å²) >= 11 is 7.30. The Morgan fingerprint density at radius 3 is 2.43 bits per heavy atom. The first-order valence-corrected chi connectivity index (χ1v) is 9.82. The number of ether oxygens (including phenoxy) is 2. The number of halogens is 1. The molecule has 2 aromatic carbocycles. The third-order valence-electron chi connectivity index (χ3n) is 4.30. The van der Waals surface area contributed by atoms with Crippen LogP contribution in [0.1, 0.15) is 20.9 Å². The Labute approximate surface area is 173 Å². The summed E-state index contributed by atoms with van der Waals surface area (Å²) in [7, 11) is 4.97. The molecule has 3 rings (SSSR count). The van der Waals surface area contributed by atoms with Crippen LogP contribution >= 0.6 is 22.9 Å². The predicted octanol–water partition coefficient (Wildman–Crippen LogP) is 5.06. The van der Waals surface area contributed by atoms with Crippen molar-refractivity contribution in [2.45, 2.75) is 13.5 Å². The van der Waals surface area contributed by atoms with Crippen LogP contribution < -0.4 is 9.47 Å². The number of carbonyl (C=O) groups excluding carboxylic acids is 1. The third-order valence-corrected chi connectivity index (χ3v) is 5.75. The van der Waals surface area contributed by atoms with E-state index in [2.05, 4.69) is 4.98 Å². The molecule has 1 heterocycles. The topological polar surface area (TPSA) is 51.7 Å². The van der Waals surface area contributed by atoms with Gasteiger partial charge in [0.2, 0.25) is 0 Å². The summed E-state index contributed by atoms with van der Waals surface area (Å²) in [6, 6.07) is 13.1. The highest BCUT2D eigenvalue weighted by molar-refractivity contribution is 7.17. The molecule has 28 heavy (non-hydrogen) atoms. The molecule has 1 aromatic heterocycles. The van der Waals surface area contributed by atoms with Crippen LogP contribution in [-0.4, -0.2) is 37.1 Å². The summed E-state index contributed by atoms with van der Waals surface area (Å²) < 4.78 is 10.6. The fourth-order valence-electron chi connectivity index (χ4n) is 2.80.